The van der Waals surface area contributed by atoms with Gasteiger partial charge in [0.05, 0.1) is 17.3 Å². The molecule has 0 bridgehead atoms. The fourth-order valence-electron chi connectivity index (χ4n) is 3.28. The van der Waals surface area contributed by atoms with Crippen molar-refractivity contribution in [3.05, 3.63) is 71.7 Å². The first-order chi connectivity index (χ1) is 13.8. The summed E-state index contributed by atoms with van der Waals surface area (Å²) in [4.78, 5) is 16.7. The molecule has 0 fully saturated rings. The number of nitrogens with one attached hydrogen (secondary N) is 1. The van der Waals surface area contributed by atoms with Crippen LogP contribution in [-0.4, -0.2) is 21.8 Å². The highest BCUT2D eigenvalue weighted by Gasteiger charge is 2.32. The smallest absolute Gasteiger partial charge is 0.406 e. The van der Waals surface area contributed by atoms with Crippen molar-refractivity contribution in [1.82, 2.24) is 9.55 Å². The number of anilines is 1. The molecule has 3 aromatic rings. The first-order valence-corrected chi connectivity index (χ1v) is 8.57. The van der Waals surface area contributed by atoms with E-state index in [2.05, 4.69) is 15.0 Å². The van der Waals surface area contributed by atoms with Gasteiger partial charge < -0.3 is 10.1 Å². The van der Waals surface area contributed by atoms with Crippen LogP contribution in [0.2, 0.25) is 0 Å². The van der Waals surface area contributed by atoms with Crippen molar-refractivity contribution in [2.75, 3.05) is 5.32 Å². The number of nitriles is 1. The molecule has 0 spiro atoms. The molecule has 0 saturated heterocycles. The fourth-order valence-corrected chi connectivity index (χ4v) is 3.28. The number of ether oxygens (including phenoxy) is 1. The van der Waals surface area contributed by atoms with Crippen LogP contribution in [0.1, 0.15) is 29.2 Å². The van der Waals surface area contributed by atoms with Crippen LogP contribution in [0, 0.1) is 11.3 Å². The largest absolute Gasteiger partial charge is 0.573 e. The lowest BCUT2D eigenvalue weighted by Crippen LogP contribution is -2.24. The van der Waals surface area contributed by atoms with Gasteiger partial charge in [-0.2, -0.15) is 5.26 Å². The van der Waals surface area contributed by atoms with Crippen molar-refractivity contribution in [2.45, 2.75) is 18.7 Å². The van der Waals surface area contributed by atoms with Crippen LogP contribution in [0.4, 0.5) is 19.0 Å². The Labute approximate surface area is 163 Å². The topological polar surface area (TPSA) is 79.9 Å². The Kier molecular flexibility index (Phi) is 4.47. The molecular formula is C20H13F3N4O2. The third-order valence-electron chi connectivity index (χ3n) is 4.56. The van der Waals surface area contributed by atoms with Gasteiger partial charge in [-0.25, -0.2) is 4.98 Å². The zero-order valence-corrected chi connectivity index (χ0v) is 14.8. The number of nitrogens with zero attached hydrogens (tertiary/aromatic N) is 3. The van der Waals surface area contributed by atoms with E-state index in [1.807, 2.05) is 6.07 Å². The second-order valence-corrected chi connectivity index (χ2v) is 6.43. The standard InChI is InChI=1S/C20H13F3N4O2/c21-20(22,23)29-15-7-5-14(6-8-15)27-11-25-18-16(9-17(28)26-19(18)27)13-3-1-12(10-24)2-4-13/h1-8,11,16H,9H2,(H,26,28)/t16-/m0/s1. The lowest BCUT2D eigenvalue weighted by molar-refractivity contribution is -0.274. The maximum atomic E-state index is 12.3. The van der Waals surface area contributed by atoms with Gasteiger partial charge in [0.25, 0.3) is 0 Å². The van der Waals surface area contributed by atoms with E-state index in [-0.39, 0.29) is 24.0 Å². The minimum atomic E-state index is -4.77. The van der Waals surface area contributed by atoms with Crippen molar-refractivity contribution < 1.29 is 22.7 Å². The van der Waals surface area contributed by atoms with E-state index in [1.54, 1.807) is 28.8 Å². The molecule has 0 saturated carbocycles. The van der Waals surface area contributed by atoms with Crippen molar-refractivity contribution in [2.24, 2.45) is 0 Å². The van der Waals surface area contributed by atoms with Crippen molar-refractivity contribution >= 4 is 11.7 Å². The van der Waals surface area contributed by atoms with Crippen LogP contribution >= 0.6 is 0 Å². The molecule has 0 aliphatic carbocycles. The maximum absolute atomic E-state index is 12.3. The predicted molar refractivity (Wildman–Crippen MR) is 96.5 cm³/mol. The second-order valence-electron chi connectivity index (χ2n) is 6.43. The molecule has 1 amide bonds. The molecule has 29 heavy (non-hydrogen) atoms. The molecule has 1 aliphatic rings. The van der Waals surface area contributed by atoms with Gasteiger partial charge in [-0.1, -0.05) is 12.1 Å². The monoisotopic (exact) mass is 398 g/mol. The average Bonchev–Trinajstić information content (AvgIpc) is 3.10. The second kappa shape index (κ2) is 6.98. The molecule has 9 heteroatoms. The molecule has 1 aromatic heterocycles. The number of rotatable bonds is 3. The number of hydrogen-bond acceptors (Lipinski definition) is 4. The summed E-state index contributed by atoms with van der Waals surface area (Å²) in [6.07, 6.45) is -3.06. The summed E-state index contributed by atoms with van der Waals surface area (Å²) in [6, 6.07) is 14.3. The summed E-state index contributed by atoms with van der Waals surface area (Å²) in [6.45, 7) is 0. The summed E-state index contributed by atoms with van der Waals surface area (Å²) in [5, 5.41) is 11.7. The van der Waals surface area contributed by atoms with Gasteiger partial charge in [0.2, 0.25) is 5.91 Å². The fraction of sp³-hybridized carbons (Fsp3) is 0.150. The zero-order chi connectivity index (χ0) is 20.6. The Bertz CT molecular complexity index is 1100. The number of carbonyl (C=O) groups is 1. The van der Waals surface area contributed by atoms with Crippen LogP contribution in [0.25, 0.3) is 5.69 Å². The SMILES string of the molecule is N#Cc1ccc([C@@H]2CC(=O)Nc3c2ncn3-c2ccc(OC(F)(F)F)cc2)cc1. The number of benzene rings is 2. The summed E-state index contributed by atoms with van der Waals surface area (Å²) >= 11 is 0. The summed E-state index contributed by atoms with van der Waals surface area (Å²) < 4.78 is 42.5. The van der Waals surface area contributed by atoms with E-state index in [0.717, 1.165) is 5.56 Å². The van der Waals surface area contributed by atoms with Gasteiger partial charge in [0, 0.05) is 18.0 Å². The summed E-state index contributed by atoms with van der Waals surface area (Å²) in [5.41, 5.74) is 2.53. The van der Waals surface area contributed by atoms with Crippen molar-refractivity contribution in [1.29, 1.82) is 5.26 Å². The Morgan fingerprint density at radius 2 is 1.83 bits per heavy atom. The van der Waals surface area contributed by atoms with E-state index in [0.29, 0.717) is 22.8 Å². The van der Waals surface area contributed by atoms with E-state index in [9.17, 15) is 18.0 Å². The molecule has 4 rings (SSSR count). The maximum Gasteiger partial charge on any atom is 0.573 e. The van der Waals surface area contributed by atoms with Gasteiger partial charge in [-0.05, 0) is 42.0 Å². The number of amides is 1. The van der Waals surface area contributed by atoms with Crippen molar-refractivity contribution in [3.63, 3.8) is 0 Å². The Balaban J connectivity index is 1.68. The molecule has 1 atom stereocenters. The van der Waals surface area contributed by atoms with Crippen LogP contribution < -0.4 is 10.1 Å². The van der Waals surface area contributed by atoms with E-state index >= 15 is 0 Å². The highest BCUT2D eigenvalue weighted by atomic mass is 19.4. The van der Waals surface area contributed by atoms with E-state index in [4.69, 9.17) is 5.26 Å². The van der Waals surface area contributed by atoms with Crippen molar-refractivity contribution in [3.8, 4) is 17.5 Å². The van der Waals surface area contributed by atoms with E-state index < -0.39 is 6.36 Å². The van der Waals surface area contributed by atoms with Gasteiger partial charge in [0.1, 0.15) is 17.9 Å². The third kappa shape index (κ3) is 3.78. The normalized spacial score (nSPS) is 15.9. The van der Waals surface area contributed by atoms with Crippen LogP contribution in [0.15, 0.2) is 54.9 Å². The molecule has 0 radical (unpaired) electrons. The lowest BCUT2D eigenvalue weighted by Gasteiger charge is -2.23. The number of halogens is 3. The van der Waals surface area contributed by atoms with E-state index in [1.165, 1.54) is 30.6 Å². The number of aromatic nitrogens is 2. The minimum Gasteiger partial charge on any atom is -0.406 e. The predicted octanol–water partition coefficient (Wildman–Crippen LogP) is 4.12. The van der Waals surface area contributed by atoms with Gasteiger partial charge in [-0.3, -0.25) is 9.36 Å². The molecule has 1 N–H and O–H groups in total. The number of fused-ring (bicyclic) bond motifs is 1. The Morgan fingerprint density at radius 3 is 2.45 bits per heavy atom. The molecule has 2 aromatic carbocycles. The Hall–Kier alpha value is -3.80. The Morgan fingerprint density at radius 1 is 1.14 bits per heavy atom. The highest BCUT2D eigenvalue weighted by molar-refractivity contribution is 5.94. The minimum absolute atomic E-state index is 0.203. The first kappa shape index (κ1) is 18.6. The molecule has 2 heterocycles. The average molecular weight is 398 g/mol. The molecule has 6 nitrogen and oxygen atoms in total. The van der Waals surface area contributed by atoms with Crippen LogP contribution in [-0.2, 0) is 4.79 Å². The quantitative estimate of drug-likeness (QED) is 0.720. The van der Waals surface area contributed by atoms with Crippen LogP contribution in [0.3, 0.4) is 0 Å². The first-order valence-electron chi connectivity index (χ1n) is 8.57. The van der Waals surface area contributed by atoms with Gasteiger partial charge >= 0.3 is 6.36 Å². The highest BCUT2D eigenvalue weighted by Crippen LogP contribution is 2.37. The zero-order valence-electron chi connectivity index (χ0n) is 14.8. The third-order valence-corrected chi connectivity index (χ3v) is 4.56. The molecular weight excluding hydrogens is 385 g/mol. The number of hydrogen-bond donors (Lipinski definition) is 1. The summed E-state index contributed by atoms with van der Waals surface area (Å²) in [5.74, 6) is -0.374. The number of alkyl halides is 3. The lowest BCUT2D eigenvalue weighted by atomic mass is 9.89. The molecule has 1 aliphatic heterocycles. The molecule has 0 unspecified atom stereocenters. The van der Waals surface area contributed by atoms with Crippen LogP contribution in [0.5, 0.6) is 5.75 Å². The molecule has 146 valence electrons. The van der Waals surface area contributed by atoms with Gasteiger partial charge in [0.15, 0.2) is 0 Å². The number of carbonyl (C=O) groups excluding carboxylic acids is 1. The summed E-state index contributed by atoms with van der Waals surface area (Å²) in [7, 11) is 0. The number of imidazole rings is 1. The van der Waals surface area contributed by atoms with Gasteiger partial charge in [-0.15, -0.1) is 13.2 Å².